The lowest BCUT2D eigenvalue weighted by atomic mass is 10.1. The third-order valence-electron chi connectivity index (χ3n) is 3.19. The van der Waals surface area contributed by atoms with Gasteiger partial charge in [0, 0.05) is 16.0 Å². The molecule has 23 heavy (non-hydrogen) atoms. The molecular formula is C16H13ClN2O2S2. The van der Waals surface area contributed by atoms with Gasteiger partial charge in [-0.2, -0.15) is 0 Å². The predicted molar refractivity (Wildman–Crippen MR) is 94.5 cm³/mol. The molecule has 0 atom stereocenters. The topological polar surface area (TPSA) is 59.1 Å². The molecule has 0 spiro atoms. The van der Waals surface area contributed by atoms with Gasteiger partial charge in [0.25, 0.3) is 10.0 Å². The number of aromatic nitrogens is 1. The molecule has 4 nitrogen and oxygen atoms in total. The molecule has 0 saturated carbocycles. The predicted octanol–water partition coefficient (Wildman–Crippen LogP) is 4.57. The van der Waals surface area contributed by atoms with E-state index in [4.69, 9.17) is 11.6 Å². The van der Waals surface area contributed by atoms with Gasteiger partial charge in [0.05, 0.1) is 21.3 Å². The van der Waals surface area contributed by atoms with Gasteiger partial charge in [-0.25, -0.2) is 13.4 Å². The van der Waals surface area contributed by atoms with E-state index in [1.165, 1.54) is 23.5 Å². The summed E-state index contributed by atoms with van der Waals surface area (Å²) in [5, 5.41) is 3.32. The molecule has 0 aliphatic rings. The van der Waals surface area contributed by atoms with Crippen LogP contribution < -0.4 is 4.72 Å². The Balaban J connectivity index is 1.98. The second kappa shape index (κ2) is 6.31. The Hall–Kier alpha value is -1.89. The summed E-state index contributed by atoms with van der Waals surface area (Å²) in [5.74, 6) is 0. The molecule has 0 bridgehead atoms. The van der Waals surface area contributed by atoms with Gasteiger partial charge in [0.15, 0.2) is 0 Å². The van der Waals surface area contributed by atoms with Crippen molar-refractivity contribution in [3.63, 3.8) is 0 Å². The molecule has 3 rings (SSSR count). The van der Waals surface area contributed by atoms with E-state index < -0.39 is 10.0 Å². The Morgan fingerprint density at radius 3 is 2.43 bits per heavy atom. The largest absolute Gasteiger partial charge is 0.279 e. The zero-order valence-electron chi connectivity index (χ0n) is 12.2. The van der Waals surface area contributed by atoms with Crippen LogP contribution in [-0.2, 0) is 10.0 Å². The zero-order valence-corrected chi connectivity index (χ0v) is 14.5. The molecule has 2 aromatic carbocycles. The first kappa shape index (κ1) is 16.0. The molecule has 0 fully saturated rings. The van der Waals surface area contributed by atoms with E-state index in [0.717, 1.165) is 16.3 Å². The summed E-state index contributed by atoms with van der Waals surface area (Å²) in [6.45, 7) is 1.91. The smallest absolute Gasteiger partial charge is 0.261 e. The Kier molecular flexibility index (Phi) is 4.39. The molecule has 0 amide bonds. The average molecular weight is 365 g/mol. The van der Waals surface area contributed by atoms with Crippen molar-refractivity contribution in [3.8, 4) is 11.3 Å². The SMILES string of the molecule is Cc1nc(-c2ccccc2NS(=O)(=O)c2ccc(Cl)cc2)cs1. The van der Waals surface area contributed by atoms with Crippen LogP contribution in [0.2, 0.25) is 5.02 Å². The second-order valence-corrected chi connectivity index (χ2v) is 8.04. The van der Waals surface area contributed by atoms with Crippen LogP contribution in [0.3, 0.4) is 0 Å². The lowest BCUT2D eigenvalue weighted by Gasteiger charge is -2.11. The lowest BCUT2D eigenvalue weighted by molar-refractivity contribution is 0.601. The number of thiazole rings is 1. The molecule has 0 saturated heterocycles. The molecule has 1 heterocycles. The van der Waals surface area contributed by atoms with Crippen molar-refractivity contribution in [3.05, 3.63) is 63.9 Å². The summed E-state index contributed by atoms with van der Waals surface area (Å²) in [5.41, 5.74) is 1.99. The first-order valence-electron chi connectivity index (χ1n) is 6.75. The Bertz CT molecular complexity index is 935. The number of aryl methyl sites for hydroxylation is 1. The van der Waals surface area contributed by atoms with Crippen LogP contribution in [0.1, 0.15) is 5.01 Å². The van der Waals surface area contributed by atoms with Crippen LogP contribution in [0.15, 0.2) is 58.8 Å². The minimum Gasteiger partial charge on any atom is -0.279 e. The summed E-state index contributed by atoms with van der Waals surface area (Å²) in [6, 6.07) is 13.2. The van der Waals surface area contributed by atoms with E-state index >= 15 is 0 Å². The fourth-order valence-electron chi connectivity index (χ4n) is 2.10. The zero-order chi connectivity index (χ0) is 16.4. The Morgan fingerprint density at radius 2 is 1.78 bits per heavy atom. The highest BCUT2D eigenvalue weighted by Crippen LogP contribution is 2.30. The second-order valence-electron chi connectivity index (χ2n) is 4.86. The van der Waals surface area contributed by atoms with Crippen LogP contribution in [0.5, 0.6) is 0 Å². The summed E-state index contributed by atoms with van der Waals surface area (Å²) in [7, 11) is -3.69. The molecule has 1 N–H and O–H groups in total. The summed E-state index contributed by atoms with van der Waals surface area (Å²) >= 11 is 7.33. The third-order valence-corrected chi connectivity index (χ3v) is 5.60. The Morgan fingerprint density at radius 1 is 1.09 bits per heavy atom. The van der Waals surface area contributed by atoms with Crippen LogP contribution in [0.4, 0.5) is 5.69 Å². The molecular weight excluding hydrogens is 352 g/mol. The molecule has 0 radical (unpaired) electrons. The van der Waals surface area contributed by atoms with Gasteiger partial charge in [0.2, 0.25) is 0 Å². The molecule has 0 unspecified atom stereocenters. The number of para-hydroxylation sites is 1. The van der Waals surface area contributed by atoms with Gasteiger partial charge >= 0.3 is 0 Å². The van der Waals surface area contributed by atoms with Gasteiger partial charge in [0.1, 0.15) is 0 Å². The standard InChI is InChI=1S/C16H13ClN2O2S2/c1-11-18-16(10-22-11)14-4-2-3-5-15(14)19-23(20,21)13-8-6-12(17)7-9-13/h2-10,19H,1H3. The van der Waals surface area contributed by atoms with E-state index in [9.17, 15) is 8.42 Å². The highest BCUT2D eigenvalue weighted by atomic mass is 35.5. The number of rotatable bonds is 4. The van der Waals surface area contributed by atoms with Crippen molar-refractivity contribution in [2.24, 2.45) is 0 Å². The normalized spacial score (nSPS) is 11.4. The highest BCUT2D eigenvalue weighted by Gasteiger charge is 2.17. The van der Waals surface area contributed by atoms with Gasteiger partial charge < -0.3 is 0 Å². The average Bonchev–Trinajstić information content (AvgIpc) is 2.94. The van der Waals surface area contributed by atoms with Crippen molar-refractivity contribution in [2.45, 2.75) is 11.8 Å². The van der Waals surface area contributed by atoms with Gasteiger partial charge in [-0.15, -0.1) is 11.3 Å². The van der Waals surface area contributed by atoms with Crippen LogP contribution >= 0.6 is 22.9 Å². The number of hydrogen-bond acceptors (Lipinski definition) is 4. The maximum atomic E-state index is 12.5. The van der Waals surface area contributed by atoms with Gasteiger partial charge in [-0.3, -0.25) is 4.72 Å². The summed E-state index contributed by atoms with van der Waals surface area (Å²) in [6.07, 6.45) is 0. The van der Waals surface area contributed by atoms with Crippen molar-refractivity contribution in [2.75, 3.05) is 4.72 Å². The Labute approximate surface area is 143 Å². The fraction of sp³-hybridized carbons (Fsp3) is 0.0625. The maximum Gasteiger partial charge on any atom is 0.261 e. The number of halogens is 1. The van der Waals surface area contributed by atoms with Crippen LogP contribution in [0.25, 0.3) is 11.3 Å². The monoisotopic (exact) mass is 364 g/mol. The highest BCUT2D eigenvalue weighted by molar-refractivity contribution is 7.92. The van der Waals surface area contributed by atoms with E-state index in [1.54, 1.807) is 24.3 Å². The van der Waals surface area contributed by atoms with Crippen LogP contribution in [0, 0.1) is 6.92 Å². The molecule has 7 heteroatoms. The quantitative estimate of drug-likeness (QED) is 0.737. The number of benzene rings is 2. The molecule has 0 aliphatic heterocycles. The summed E-state index contributed by atoms with van der Waals surface area (Å²) < 4.78 is 27.7. The maximum absolute atomic E-state index is 12.5. The first-order chi connectivity index (χ1) is 11.0. The fourth-order valence-corrected chi connectivity index (χ4v) is 3.92. The molecule has 0 aliphatic carbocycles. The van der Waals surface area contributed by atoms with Crippen molar-refractivity contribution in [1.29, 1.82) is 0 Å². The van der Waals surface area contributed by atoms with E-state index in [-0.39, 0.29) is 4.90 Å². The van der Waals surface area contributed by atoms with Crippen molar-refractivity contribution >= 4 is 38.6 Å². The van der Waals surface area contributed by atoms with Crippen molar-refractivity contribution in [1.82, 2.24) is 4.98 Å². The van der Waals surface area contributed by atoms with Gasteiger partial charge in [-0.1, -0.05) is 29.8 Å². The summed E-state index contributed by atoms with van der Waals surface area (Å²) in [4.78, 5) is 4.58. The van der Waals surface area contributed by atoms with Crippen LogP contribution in [-0.4, -0.2) is 13.4 Å². The number of sulfonamides is 1. The minimum atomic E-state index is -3.69. The van der Waals surface area contributed by atoms with E-state index in [0.29, 0.717) is 10.7 Å². The number of anilines is 1. The molecule has 1 aromatic heterocycles. The van der Waals surface area contributed by atoms with E-state index in [1.807, 2.05) is 24.4 Å². The number of hydrogen-bond donors (Lipinski definition) is 1. The van der Waals surface area contributed by atoms with Crippen molar-refractivity contribution < 1.29 is 8.42 Å². The minimum absolute atomic E-state index is 0.158. The molecule has 118 valence electrons. The number of nitrogens with one attached hydrogen (secondary N) is 1. The number of nitrogens with zero attached hydrogens (tertiary/aromatic N) is 1. The first-order valence-corrected chi connectivity index (χ1v) is 9.50. The van der Waals surface area contributed by atoms with Gasteiger partial charge in [-0.05, 0) is 37.3 Å². The lowest BCUT2D eigenvalue weighted by Crippen LogP contribution is -2.13. The third kappa shape index (κ3) is 3.55. The van der Waals surface area contributed by atoms with E-state index in [2.05, 4.69) is 9.71 Å². The molecule has 3 aromatic rings.